The fourth-order valence-corrected chi connectivity index (χ4v) is 2.42. The molecule has 0 amide bonds. The Labute approximate surface area is 128 Å². The van der Waals surface area contributed by atoms with E-state index in [1.54, 1.807) is 20.1 Å². The molecule has 0 radical (unpaired) electrons. The van der Waals surface area contributed by atoms with Crippen molar-refractivity contribution in [3.63, 3.8) is 0 Å². The van der Waals surface area contributed by atoms with E-state index in [0.717, 1.165) is 16.7 Å². The number of imidazole rings is 1. The second-order valence-corrected chi connectivity index (χ2v) is 5.10. The minimum absolute atomic E-state index is 0.556. The lowest BCUT2D eigenvalue weighted by atomic mass is 10.2. The van der Waals surface area contributed by atoms with E-state index in [9.17, 15) is 5.11 Å². The first-order valence-corrected chi connectivity index (χ1v) is 7.01. The number of aliphatic hydroxyl groups excluding tert-OH is 1. The van der Waals surface area contributed by atoms with Gasteiger partial charge >= 0.3 is 0 Å². The van der Waals surface area contributed by atoms with Gasteiger partial charge in [-0.3, -0.25) is 0 Å². The summed E-state index contributed by atoms with van der Waals surface area (Å²) in [5, 5.41) is 13.0. The molecule has 3 rings (SSSR count). The van der Waals surface area contributed by atoms with Gasteiger partial charge in [0.1, 0.15) is 17.7 Å². The minimum Gasteiger partial charge on any atom is -0.481 e. The maximum absolute atomic E-state index is 9.74. The SMILES string of the molecule is COc1cccc(Nc2ccc3c(c2)nc(C(C)O)n3C)n1. The topological polar surface area (TPSA) is 72.2 Å². The van der Waals surface area contributed by atoms with Gasteiger partial charge in [-0.05, 0) is 31.2 Å². The number of fused-ring (bicyclic) bond motifs is 1. The van der Waals surface area contributed by atoms with Gasteiger partial charge in [0.2, 0.25) is 5.88 Å². The average molecular weight is 298 g/mol. The van der Waals surface area contributed by atoms with Crippen LogP contribution in [0.3, 0.4) is 0 Å². The monoisotopic (exact) mass is 298 g/mol. The van der Waals surface area contributed by atoms with Gasteiger partial charge in [0.15, 0.2) is 0 Å². The Morgan fingerprint density at radius 2 is 2.05 bits per heavy atom. The number of aromatic nitrogens is 3. The number of methoxy groups -OCH3 is 1. The number of pyridine rings is 1. The largest absolute Gasteiger partial charge is 0.481 e. The van der Waals surface area contributed by atoms with E-state index in [-0.39, 0.29) is 0 Å². The van der Waals surface area contributed by atoms with Crippen molar-refractivity contribution in [3.8, 4) is 5.88 Å². The molecule has 0 fully saturated rings. The molecule has 0 aliphatic carbocycles. The summed E-state index contributed by atoms with van der Waals surface area (Å²) < 4.78 is 7.01. The second kappa shape index (κ2) is 5.65. The van der Waals surface area contributed by atoms with Crippen LogP contribution in [-0.4, -0.2) is 26.8 Å². The van der Waals surface area contributed by atoms with Crippen molar-refractivity contribution >= 4 is 22.5 Å². The predicted octanol–water partition coefficient (Wildman–Crippen LogP) is 2.77. The van der Waals surface area contributed by atoms with E-state index in [2.05, 4.69) is 15.3 Å². The van der Waals surface area contributed by atoms with Crippen LogP contribution in [0.15, 0.2) is 36.4 Å². The summed E-state index contributed by atoms with van der Waals surface area (Å²) in [6.45, 7) is 1.71. The number of nitrogens with one attached hydrogen (secondary N) is 1. The van der Waals surface area contributed by atoms with Gasteiger partial charge in [-0.1, -0.05) is 6.07 Å². The van der Waals surface area contributed by atoms with Gasteiger partial charge < -0.3 is 19.7 Å². The van der Waals surface area contributed by atoms with Gasteiger partial charge in [0, 0.05) is 18.8 Å². The Morgan fingerprint density at radius 3 is 2.77 bits per heavy atom. The van der Waals surface area contributed by atoms with E-state index in [0.29, 0.717) is 17.5 Å². The van der Waals surface area contributed by atoms with Gasteiger partial charge in [-0.15, -0.1) is 0 Å². The first kappa shape index (κ1) is 14.3. The molecule has 3 aromatic rings. The molecule has 6 nitrogen and oxygen atoms in total. The third kappa shape index (κ3) is 2.60. The number of nitrogens with zero attached hydrogens (tertiary/aromatic N) is 3. The van der Waals surface area contributed by atoms with Crippen molar-refractivity contribution in [1.82, 2.24) is 14.5 Å². The smallest absolute Gasteiger partial charge is 0.214 e. The average Bonchev–Trinajstić information content (AvgIpc) is 2.84. The van der Waals surface area contributed by atoms with Crippen LogP contribution in [0, 0.1) is 0 Å². The normalized spacial score (nSPS) is 12.4. The number of aliphatic hydroxyl groups is 1. The van der Waals surface area contributed by atoms with Crippen molar-refractivity contribution in [3.05, 3.63) is 42.2 Å². The molecule has 0 saturated heterocycles. The number of hydrogen-bond donors (Lipinski definition) is 2. The van der Waals surface area contributed by atoms with Gasteiger partial charge in [-0.2, -0.15) is 4.98 Å². The molecular weight excluding hydrogens is 280 g/mol. The van der Waals surface area contributed by atoms with E-state index in [1.807, 2.05) is 41.9 Å². The molecule has 114 valence electrons. The molecule has 0 saturated carbocycles. The molecule has 2 aromatic heterocycles. The molecule has 22 heavy (non-hydrogen) atoms. The molecule has 0 aliphatic heterocycles. The molecule has 0 bridgehead atoms. The number of benzene rings is 1. The van der Waals surface area contributed by atoms with E-state index in [1.165, 1.54) is 0 Å². The Bertz CT molecular complexity index is 811. The second-order valence-electron chi connectivity index (χ2n) is 5.10. The number of hydrogen-bond acceptors (Lipinski definition) is 5. The summed E-state index contributed by atoms with van der Waals surface area (Å²) in [4.78, 5) is 8.79. The zero-order chi connectivity index (χ0) is 15.7. The molecule has 1 unspecified atom stereocenters. The first-order valence-electron chi connectivity index (χ1n) is 7.01. The van der Waals surface area contributed by atoms with Crippen LogP contribution < -0.4 is 10.1 Å². The molecule has 0 spiro atoms. The Hall–Kier alpha value is -2.60. The lowest BCUT2D eigenvalue weighted by Gasteiger charge is -2.07. The summed E-state index contributed by atoms with van der Waals surface area (Å²) >= 11 is 0. The molecule has 2 heterocycles. The maximum atomic E-state index is 9.74. The highest BCUT2D eigenvalue weighted by Gasteiger charge is 2.12. The lowest BCUT2D eigenvalue weighted by Crippen LogP contribution is -2.01. The van der Waals surface area contributed by atoms with E-state index in [4.69, 9.17) is 4.74 Å². The number of anilines is 2. The fraction of sp³-hybridized carbons (Fsp3) is 0.250. The van der Waals surface area contributed by atoms with Gasteiger partial charge in [0.25, 0.3) is 0 Å². The highest BCUT2D eigenvalue weighted by Crippen LogP contribution is 2.24. The standard InChI is InChI=1S/C16H18N4O2/c1-10(21)16-18-12-9-11(7-8-13(12)20(16)2)17-14-5-4-6-15(19-14)22-3/h4-10,21H,1-3H3,(H,17,19). The molecule has 1 aromatic carbocycles. The van der Waals surface area contributed by atoms with Gasteiger partial charge in [-0.25, -0.2) is 4.98 Å². The van der Waals surface area contributed by atoms with Crippen LogP contribution in [0.25, 0.3) is 11.0 Å². The molecule has 6 heteroatoms. The first-order chi connectivity index (χ1) is 10.6. The van der Waals surface area contributed by atoms with Gasteiger partial charge in [0.05, 0.1) is 18.1 Å². The third-order valence-electron chi connectivity index (χ3n) is 3.49. The molecule has 0 aliphatic rings. The van der Waals surface area contributed by atoms with Crippen LogP contribution in [0.1, 0.15) is 18.9 Å². The highest BCUT2D eigenvalue weighted by atomic mass is 16.5. The Morgan fingerprint density at radius 1 is 1.23 bits per heavy atom. The Balaban J connectivity index is 1.94. The van der Waals surface area contributed by atoms with Crippen LogP contribution in [-0.2, 0) is 7.05 Å². The van der Waals surface area contributed by atoms with Crippen molar-refractivity contribution < 1.29 is 9.84 Å². The summed E-state index contributed by atoms with van der Waals surface area (Å²) in [5.41, 5.74) is 2.68. The lowest BCUT2D eigenvalue weighted by molar-refractivity contribution is 0.186. The maximum Gasteiger partial charge on any atom is 0.214 e. The number of ether oxygens (including phenoxy) is 1. The number of aryl methyl sites for hydroxylation is 1. The quantitative estimate of drug-likeness (QED) is 0.775. The predicted molar refractivity (Wildman–Crippen MR) is 85.4 cm³/mol. The van der Waals surface area contributed by atoms with Crippen LogP contribution in [0.5, 0.6) is 5.88 Å². The zero-order valence-corrected chi connectivity index (χ0v) is 12.7. The molecule has 2 N–H and O–H groups in total. The molecule has 1 atom stereocenters. The van der Waals surface area contributed by atoms with Crippen molar-refractivity contribution in [2.24, 2.45) is 7.05 Å². The summed E-state index contributed by atoms with van der Waals surface area (Å²) in [7, 11) is 3.48. The van der Waals surface area contributed by atoms with E-state index >= 15 is 0 Å². The van der Waals surface area contributed by atoms with E-state index < -0.39 is 6.10 Å². The number of rotatable bonds is 4. The summed E-state index contributed by atoms with van der Waals surface area (Å²) in [6, 6.07) is 11.4. The fourth-order valence-electron chi connectivity index (χ4n) is 2.42. The summed E-state index contributed by atoms with van der Waals surface area (Å²) in [6.07, 6.45) is -0.603. The Kier molecular flexibility index (Phi) is 3.68. The molecular formula is C16H18N4O2. The highest BCUT2D eigenvalue weighted by molar-refractivity contribution is 5.81. The van der Waals surface area contributed by atoms with Crippen molar-refractivity contribution in [1.29, 1.82) is 0 Å². The van der Waals surface area contributed by atoms with Crippen LogP contribution in [0.4, 0.5) is 11.5 Å². The van der Waals surface area contributed by atoms with Crippen LogP contribution >= 0.6 is 0 Å². The van der Waals surface area contributed by atoms with Crippen LogP contribution in [0.2, 0.25) is 0 Å². The van der Waals surface area contributed by atoms with Crippen molar-refractivity contribution in [2.45, 2.75) is 13.0 Å². The van der Waals surface area contributed by atoms with Crippen molar-refractivity contribution in [2.75, 3.05) is 12.4 Å². The zero-order valence-electron chi connectivity index (χ0n) is 12.7. The minimum atomic E-state index is -0.603. The summed E-state index contributed by atoms with van der Waals surface area (Å²) in [5.74, 6) is 1.90. The third-order valence-corrected chi connectivity index (χ3v) is 3.49.